The first-order valence-corrected chi connectivity index (χ1v) is 3.56. The van der Waals surface area contributed by atoms with Gasteiger partial charge in [0.2, 0.25) is 0 Å². The normalized spacial score (nSPS) is 16.0. The summed E-state index contributed by atoms with van der Waals surface area (Å²) in [5, 5.41) is 17.5. The molecule has 0 heterocycles. The minimum atomic E-state index is -0.740. The maximum Gasteiger partial charge on any atom is 0.0894 e. The van der Waals surface area contributed by atoms with E-state index in [0.29, 0.717) is 0 Å². The minimum absolute atomic E-state index is 0. The van der Waals surface area contributed by atoms with E-state index in [1.807, 2.05) is 0 Å². The summed E-state index contributed by atoms with van der Waals surface area (Å²) >= 11 is 7.53. The van der Waals surface area contributed by atoms with Crippen molar-refractivity contribution in [1.82, 2.24) is 0 Å². The fourth-order valence-electron chi connectivity index (χ4n) is 0.243. The molecule has 0 spiro atoms. The first kappa shape index (κ1) is 13.0. The second kappa shape index (κ2) is 7.47. The van der Waals surface area contributed by atoms with Gasteiger partial charge in [-0.05, 0) is 0 Å². The molecule has 5 heteroatoms. The van der Waals surface area contributed by atoms with Crippen LogP contribution in [0.3, 0.4) is 0 Å². The summed E-state index contributed by atoms with van der Waals surface area (Å²) < 4.78 is 0. The Bertz CT molecular complexity index is 56.5. The van der Waals surface area contributed by atoms with Gasteiger partial charge in [-0.2, -0.15) is 25.3 Å². The molecular formula is C4H10AuO2S2. The van der Waals surface area contributed by atoms with Gasteiger partial charge in [0.1, 0.15) is 0 Å². The maximum absolute atomic E-state index is 8.75. The van der Waals surface area contributed by atoms with Crippen molar-refractivity contribution >= 4 is 25.3 Å². The van der Waals surface area contributed by atoms with Crippen LogP contribution in [0.25, 0.3) is 0 Å². The number of hydrogen-bond acceptors (Lipinski definition) is 4. The summed E-state index contributed by atoms with van der Waals surface area (Å²) in [6.07, 6.45) is -1.48. The van der Waals surface area contributed by atoms with Gasteiger partial charge in [-0.3, -0.25) is 0 Å². The molecule has 2 atom stereocenters. The van der Waals surface area contributed by atoms with Crippen molar-refractivity contribution in [2.75, 3.05) is 11.5 Å². The monoisotopic (exact) mass is 351 g/mol. The number of thiol groups is 2. The van der Waals surface area contributed by atoms with Crippen LogP contribution in [-0.4, -0.2) is 33.9 Å². The predicted molar refractivity (Wildman–Crippen MR) is 39.7 cm³/mol. The van der Waals surface area contributed by atoms with Crippen molar-refractivity contribution in [3.8, 4) is 0 Å². The van der Waals surface area contributed by atoms with Crippen LogP contribution in [0, 0.1) is 0 Å². The molecule has 0 saturated carbocycles. The summed E-state index contributed by atoms with van der Waals surface area (Å²) in [6, 6.07) is 0. The van der Waals surface area contributed by atoms with E-state index in [-0.39, 0.29) is 33.9 Å². The van der Waals surface area contributed by atoms with Crippen LogP contribution in [0.4, 0.5) is 0 Å². The Morgan fingerprint density at radius 3 is 1.33 bits per heavy atom. The first-order valence-electron chi connectivity index (χ1n) is 2.30. The molecule has 0 aromatic carbocycles. The van der Waals surface area contributed by atoms with Crippen molar-refractivity contribution in [3.05, 3.63) is 0 Å². The zero-order chi connectivity index (χ0) is 6.57. The van der Waals surface area contributed by atoms with Crippen LogP contribution in [-0.2, 0) is 22.4 Å². The first-order chi connectivity index (χ1) is 3.72. The predicted octanol–water partition coefficient (Wildman–Crippen LogP) is -0.435. The average molecular weight is 351 g/mol. The van der Waals surface area contributed by atoms with Crippen molar-refractivity contribution in [3.63, 3.8) is 0 Å². The molecular weight excluding hydrogens is 341 g/mol. The van der Waals surface area contributed by atoms with Gasteiger partial charge in [0, 0.05) is 33.9 Å². The van der Waals surface area contributed by atoms with Gasteiger partial charge in [-0.1, -0.05) is 0 Å². The molecule has 0 saturated heterocycles. The van der Waals surface area contributed by atoms with Crippen molar-refractivity contribution in [2.24, 2.45) is 0 Å². The van der Waals surface area contributed by atoms with Crippen LogP contribution >= 0.6 is 25.3 Å². The Labute approximate surface area is 81.4 Å². The minimum Gasteiger partial charge on any atom is -0.390 e. The molecule has 0 bridgehead atoms. The molecule has 1 radical (unpaired) electrons. The summed E-state index contributed by atoms with van der Waals surface area (Å²) in [5.41, 5.74) is 0. The molecule has 2 nitrogen and oxygen atoms in total. The number of rotatable bonds is 3. The van der Waals surface area contributed by atoms with E-state index in [1.165, 1.54) is 0 Å². The molecule has 9 heavy (non-hydrogen) atoms. The van der Waals surface area contributed by atoms with E-state index in [4.69, 9.17) is 10.2 Å². The second-order valence-electron chi connectivity index (χ2n) is 1.50. The topological polar surface area (TPSA) is 40.5 Å². The molecule has 2 N–H and O–H groups in total. The van der Waals surface area contributed by atoms with Gasteiger partial charge in [0.15, 0.2) is 0 Å². The van der Waals surface area contributed by atoms with E-state index in [1.54, 1.807) is 0 Å². The standard InChI is InChI=1S/C4H10O2S2.Au/c5-3(1-7)4(6)2-8;/h3-8H,1-2H2;/t3-,4-;/m1./s1. The van der Waals surface area contributed by atoms with Gasteiger partial charge >= 0.3 is 0 Å². The van der Waals surface area contributed by atoms with Crippen LogP contribution < -0.4 is 0 Å². The van der Waals surface area contributed by atoms with E-state index in [9.17, 15) is 0 Å². The van der Waals surface area contributed by atoms with Crippen molar-refractivity contribution in [1.29, 1.82) is 0 Å². The Morgan fingerprint density at radius 2 is 1.22 bits per heavy atom. The smallest absolute Gasteiger partial charge is 0.0894 e. The zero-order valence-corrected chi connectivity index (χ0v) is 8.61. The quantitative estimate of drug-likeness (QED) is 0.412. The molecule has 61 valence electrons. The third-order valence-corrected chi connectivity index (χ3v) is 1.57. The van der Waals surface area contributed by atoms with Gasteiger partial charge < -0.3 is 10.2 Å². The van der Waals surface area contributed by atoms with Crippen LogP contribution in [0.5, 0.6) is 0 Å². The summed E-state index contributed by atoms with van der Waals surface area (Å²) in [4.78, 5) is 0. The molecule has 0 unspecified atom stereocenters. The van der Waals surface area contributed by atoms with Gasteiger partial charge in [-0.15, -0.1) is 0 Å². The fraction of sp³-hybridized carbons (Fsp3) is 1.00. The molecule has 0 aliphatic rings. The van der Waals surface area contributed by atoms with Crippen LogP contribution in [0.1, 0.15) is 0 Å². The van der Waals surface area contributed by atoms with E-state index in [0.717, 1.165) is 0 Å². The van der Waals surface area contributed by atoms with E-state index < -0.39 is 12.2 Å². The SMILES string of the molecule is O[C@H](CS)[C@H](O)CS.[Au]. The molecule has 0 aromatic heterocycles. The van der Waals surface area contributed by atoms with E-state index >= 15 is 0 Å². The van der Waals surface area contributed by atoms with Gasteiger partial charge in [0.25, 0.3) is 0 Å². The molecule has 0 fully saturated rings. The number of aliphatic hydroxyl groups excluding tert-OH is 2. The number of hydrogen-bond donors (Lipinski definition) is 4. The van der Waals surface area contributed by atoms with Crippen molar-refractivity contribution < 1.29 is 32.6 Å². The number of aliphatic hydroxyl groups is 2. The van der Waals surface area contributed by atoms with Gasteiger partial charge in [0.05, 0.1) is 12.2 Å². The largest absolute Gasteiger partial charge is 0.390 e. The zero-order valence-electron chi connectivity index (χ0n) is 4.66. The van der Waals surface area contributed by atoms with Crippen LogP contribution in [0.15, 0.2) is 0 Å². The molecule has 0 aliphatic carbocycles. The summed E-state index contributed by atoms with van der Waals surface area (Å²) in [7, 11) is 0. The third kappa shape index (κ3) is 5.79. The summed E-state index contributed by atoms with van der Waals surface area (Å²) in [6.45, 7) is 0. The van der Waals surface area contributed by atoms with Crippen molar-refractivity contribution in [2.45, 2.75) is 12.2 Å². The Hall–Kier alpha value is 1.36. The molecule has 0 amide bonds. The molecule has 0 rings (SSSR count). The Balaban J connectivity index is 0. The van der Waals surface area contributed by atoms with Crippen LogP contribution in [0.2, 0.25) is 0 Å². The average Bonchev–Trinajstić information content (AvgIpc) is 1.84. The maximum atomic E-state index is 8.75. The third-order valence-electron chi connectivity index (χ3n) is 0.818. The molecule has 0 aromatic rings. The summed E-state index contributed by atoms with van der Waals surface area (Å²) in [5.74, 6) is 0.559. The fourth-order valence-corrected chi connectivity index (χ4v) is 0.730. The molecule has 0 aliphatic heterocycles. The van der Waals surface area contributed by atoms with Gasteiger partial charge in [-0.25, -0.2) is 0 Å². The Morgan fingerprint density at radius 1 is 1.00 bits per heavy atom. The van der Waals surface area contributed by atoms with E-state index in [2.05, 4.69) is 25.3 Å². The Kier molecular flexibility index (Phi) is 10.8. The second-order valence-corrected chi connectivity index (χ2v) is 2.23.